The lowest BCUT2D eigenvalue weighted by molar-refractivity contribution is 0.660. The van der Waals surface area contributed by atoms with Crippen LogP contribution in [0.5, 0.6) is 0 Å². The molecule has 2 nitrogen and oxygen atoms in total. The number of benzene rings is 9. The Labute approximate surface area is 351 Å². The van der Waals surface area contributed by atoms with Crippen molar-refractivity contribution in [1.29, 1.82) is 0 Å². The number of anilines is 3. The van der Waals surface area contributed by atoms with E-state index in [0.717, 1.165) is 39.0 Å². The highest BCUT2D eigenvalue weighted by molar-refractivity contribution is 6.11. The SMILES string of the molecule is CC1(C)c2ccccc2-c2ccc(N(c3ccccc3)c3ccc(-c4ccc5c(c4)C(C)(C)c4cc(-c6ccc7oc8ccccc8c7c6)c6ccccc6c4-5)cc3)cc21. The molecular weight excluding hydrogens is 727 g/mol. The summed E-state index contributed by atoms with van der Waals surface area (Å²) in [5.74, 6) is 0. The van der Waals surface area contributed by atoms with Crippen LogP contribution in [0.1, 0.15) is 49.9 Å². The number of fused-ring (bicyclic) bond motifs is 11. The molecular formula is C58H43NO. The molecule has 2 heteroatoms. The number of hydrogen-bond donors (Lipinski definition) is 0. The molecule has 0 unspecified atom stereocenters. The van der Waals surface area contributed by atoms with E-state index in [0.29, 0.717) is 0 Å². The van der Waals surface area contributed by atoms with Crippen LogP contribution >= 0.6 is 0 Å². The van der Waals surface area contributed by atoms with Crippen LogP contribution < -0.4 is 4.90 Å². The van der Waals surface area contributed by atoms with Gasteiger partial charge in [0.05, 0.1) is 0 Å². The average Bonchev–Trinajstić information content (AvgIpc) is 3.85. The maximum absolute atomic E-state index is 6.22. The number of rotatable bonds is 5. The summed E-state index contributed by atoms with van der Waals surface area (Å²) in [5, 5.41) is 4.87. The van der Waals surface area contributed by atoms with Gasteiger partial charge in [0.15, 0.2) is 0 Å². The molecule has 0 saturated carbocycles. The van der Waals surface area contributed by atoms with Crippen LogP contribution in [0.15, 0.2) is 192 Å². The Balaban J connectivity index is 0.929. The lowest BCUT2D eigenvalue weighted by atomic mass is 9.80. The molecule has 0 radical (unpaired) electrons. The van der Waals surface area contributed by atoms with Gasteiger partial charge in [-0.2, -0.15) is 0 Å². The maximum atomic E-state index is 6.22. The summed E-state index contributed by atoms with van der Waals surface area (Å²) in [6, 6.07) is 69.3. The Morgan fingerprint density at radius 1 is 0.333 bits per heavy atom. The van der Waals surface area contributed by atoms with Gasteiger partial charge < -0.3 is 9.32 Å². The fourth-order valence-corrected chi connectivity index (χ4v) is 10.6. The minimum absolute atomic E-state index is 0.0765. The molecule has 286 valence electrons. The highest BCUT2D eigenvalue weighted by Gasteiger charge is 2.38. The third-order valence-corrected chi connectivity index (χ3v) is 13.7. The van der Waals surface area contributed by atoms with Gasteiger partial charge in [-0.15, -0.1) is 0 Å². The monoisotopic (exact) mass is 769 g/mol. The van der Waals surface area contributed by atoms with Crippen LogP contribution in [0, 0.1) is 0 Å². The summed E-state index contributed by atoms with van der Waals surface area (Å²) < 4.78 is 6.22. The zero-order chi connectivity index (χ0) is 40.3. The van der Waals surface area contributed by atoms with E-state index in [1.165, 1.54) is 77.5 Å². The van der Waals surface area contributed by atoms with Gasteiger partial charge in [-0.1, -0.05) is 149 Å². The van der Waals surface area contributed by atoms with Crippen LogP contribution in [0.2, 0.25) is 0 Å². The molecule has 0 atom stereocenters. The van der Waals surface area contributed by atoms with Crippen molar-refractivity contribution in [2.75, 3.05) is 4.90 Å². The van der Waals surface area contributed by atoms with E-state index < -0.39 is 0 Å². The Morgan fingerprint density at radius 2 is 0.917 bits per heavy atom. The molecule has 0 bridgehead atoms. The van der Waals surface area contributed by atoms with Gasteiger partial charge in [0.2, 0.25) is 0 Å². The second-order valence-electron chi connectivity index (χ2n) is 17.7. The van der Waals surface area contributed by atoms with Gasteiger partial charge >= 0.3 is 0 Å². The molecule has 0 aliphatic heterocycles. The quantitative estimate of drug-likeness (QED) is 0.173. The third kappa shape index (κ3) is 5.01. The molecule has 0 fully saturated rings. The Kier molecular flexibility index (Phi) is 7.36. The van der Waals surface area contributed by atoms with E-state index in [2.05, 4.69) is 215 Å². The van der Waals surface area contributed by atoms with Crippen molar-refractivity contribution in [3.8, 4) is 44.5 Å². The van der Waals surface area contributed by atoms with E-state index in [-0.39, 0.29) is 10.8 Å². The van der Waals surface area contributed by atoms with Crippen LogP contribution in [-0.4, -0.2) is 0 Å². The topological polar surface area (TPSA) is 16.4 Å². The van der Waals surface area contributed by atoms with Gasteiger partial charge in [0.25, 0.3) is 0 Å². The Hall–Kier alpha value is -7.16. The number of furan rings is 1. The van der Waals surface area contributed by atoms with E-state index in [1.54, 1.807) is 0 Å². The van der Waals surface area contributed by atoms with Gasteiger partial charge in [0, 0.05) is 38.7 Å². The van der Waals surface area contributed by atoms with E-state index in [1.807, 2.05) is 6.07 Å². The lowest BCUT2D eigenvalue weighted by Crippen LogP contribution is -2.16. The number of hydrogen-bond acceptors (Lipinski definition) is 2. The second-order valence-corrected chi connectivity index (χ2v) is 17.7. The Bertz CT molecular complexity index is 3370. The normalized spacial score (nSPS) is 14.3. The molecule has 0 amide bonds. The van der Waals surface area contributed by atoms with E-state index in [4.69, 9.17) is 4.42 Å². The molecule has 0 spiro atoms. The predicted octanol–water partition coefficient (Wildman–Crippen LogP) is 16.2. The molecule has 0 N–H and O–H groups in total. The third-order valence-electron chi connectivity index (χ3n) is 13.7. The molecule has 2 aliphatic carbocycles. The fraction of sp³-hybridized carbons (Fsp3) is 0.103. The van der Waals surface area contributed by atoms with Crippen molar-refractivity contribution in [2.45, 2.75) is 38.5 Å². The number of nitrogens with zero attached hydrogens (tertiary/aromatic N) is 1. The highest BCUT2D eigenvalue weighted by Crippen LogP contribution is 2.55. The molecule has 1 aromatic heterocycles. The lowest BCUT2D eigenvalue weighted by Gasteiger charge is -2.28. The van der Waals surface area contributed by atoms with Crippen LogP contribution in [0.4, 0.5) is 17.1 Å². The minimum atomic E-state index is -0.197. The second kappa shape index (κ2) is 12.7. The summed E-state index contributed by atoms with van der Waals surface area (Å²) in [4.78, 5) is 2.39. The first-order valence-electron chi connectivity index (χ1n) is 21.1. The smallest absolute Gasteiger partial charge is 0.135 e. The van der Waals surface area contributed by atoms with Gasteiger partial charge in [-0.3, -0.25) is 0 Å². The molecule has 2 aliphatic rings. The van der Waals surface area contributed by atoms with Crippen molar-refractivity contribution >= 4 is 49.8 Å². The van der Waals surface area contributed by atoms with Crippen LogP contribution in [-0.2, 0) is 10.8 Å². The zero-order valence-electron chi connectivity index (χ0n) is 34.3. The highest BCUT2D eigenvalue weighted by atomic mass is 16.3. The minimum Gasteiger partial charge on any atom is -0.456 e. The van der Waals surface area contributed by atoms with Crippen molar-refractivity contribution in [1.82, 2.24) is 0 Å². The first-order valence-corrected chi connectivity index (χ1v) is 21.1. The average molecular weight is 770 g/mol. The molecule has 60 heavy (non-hydrogen) atoms. The van der Waals surface area contributed by atoms with E-state index in [9.17, 15) is 0 Å². The predicted molar refractivity (Wildman–Crippen MR) is 252 cm³/mol. The molecule has 0 saturated heterocycles. The molecule has 1 heterocycles. The molecule has 12 rings (SSSR count). The maximum Gasteiger partial charge on any atom is 0.135 e. The summed E-state index contributed by atoms with van der Waals surface area (Å²) in [5.41, 5.74) is 20.8. The first-order chi connectivity index (χ1) is 29.3. The van der Waals surface area contributed by atoms with Crippen molar-refractivity contribution in [2.24, 2.45) is 0 Å². The zero-order valence-corrected chi connectivity index (χ0v) is 34.3. The largest absolute Gasteiger partial charge is 0.456 e. The Morgan fingerprint density at radius 3 is 1.75 bits per heavy atom. The standard InChI is InChI=1S/C58H43NO/c1-57(2)50-20-12-10-17-43(50)44-30-28-41(34-52(44)57)59(39-14-6-5-7-15-39)40-26-22-36(23-27-40)37-24-29-47-51(33-37)58(3,4)53-35-48(42-16-8-9-19-46(42)56(47)53)38-25-31-55-49(32-38)45-18-11-13-21-54(45)60-55/h5-35H,1-4H3. The summed E-state index contributed by atoms with van der Waals surface area (Å²) in [6.07, 6.45) is 0. The van der Waals surface area contributed by atoms with Gasteiger partial charge in [0.1, 0.15) is 11.2 Å². The number of para-hydroxylation sites is 2. The van der Waals surface area contributed by atoms with Crippen LogP contribution in [0.3, 0.4) is 0 Å². The summed E-state index contributed by atoms with van der Waals surface area (Å²) in [7, 11) is 0. The van der Waals surface area contributed by atoms with Crippen LogP contribution in [0.25, 0.3) is 77.2 Å². The summed E-state index contributed by atoms with van der Waals surface area (Å²) in [6.45, 7) is 9.49. The van der Waals surface area contributed by atoms with E-state index >= 15 is 0 Å². The first kappa shape index (κ1) is 34.8. The van der Waals surface area contributed by atoms with Gasteiger partial charge in [-0.05, 0) is 144 Å². The molecule has 10 aromatic rings. The fourth-order valence-electron chi connectivity index (χ4n) is 10.6. The van der Waals surface area contributed by atoms with Crippen molar-refractivity contribution < 1.29 is 4.42 Å². The summed E-state index contributed by atoms with van der Waals surface area (Å²) >= 11 is 0. The molecule has 9 aromatic carbocycles. The van der Waals surface area contributed by atoms with Crippen molar-refractivity contribution in [3.05, 3.63) is 210 Å². The van der Waals surface area contributed by atoms with Gasteiger partial charge in [-0.25, -0.2) is 0 Å². The van der Waals surface area contributed by atoms with Crippen molar-refractivity contribution in [3.63, 3.8) is 0 Å².